The highest BCUT2D eigenvalue weighted by molar-refractivity contribution is 6.03. The zero-order valence-electron chi connectivity index (χ0n) is 13.2. The maximum Gasteiger partial charge on any atom is 0.435 e. The monoisotopic (exact) mass is 349 g/mol. The van der Waals surface area contributed by atoms with Crippen LogP contribution in [0.25, 0.3) is 0 Å². The second kappa shape index (κ2) is 6.42. The first kappa shape index (κ1) is 16.7. The highest BCUT2D eigenvalue weighted by Gasteiger charge is 2.35. The maximum atomic E-state index is 12.7. The minimum atomic E-state index is -4.60. The molecular weight excluding hydrogens is 335 g/mol. The Balaban J connectivity index is 1.76. The number of nitrogens with one attached hydrogen (secondary N) is 1. The minimum absolute atomic E-state index is 0.176. The molecule has 1 amide bonds. The molecule has 2 heterocycles. The Hall–Kier alpha value is -3.10. The standard InChI is InChI=1S/C16H14F3N5O/c1-23-13(9-14(22-23)16(17,18)19)15(25)21-12-5-2-4-11(8-12)10-24-7-3-6-20-24/h2-9H,10H2,1H3,(H,21,25). The second-order valence-electron chi connectivity index (χ2n) is 5.39. The first-order chi connectivity index (χ1) is 11.8. The number of halogens is 3. The van der Waals surface area contributed by atoms with Crippen LogP contribution in [-0.4, -0.2) is 25.5 Å². The Morgan fingerprint density at radius 3 is 2.68 bits per heavy atom. The molecule has 0 saturated carbocycles. The van der Waals surface area contributed by atoms with Crippen molar-refractivity contribution in [1.29, 1.82) is 0 Å². The molecule has 0 radical (unpaired) electrons. The third-order valence-corrected chi connectivity index (χ3v) is 3.49. The number of carbonyl (C=O) groups is 1. The van der Waals surface area contributed by atoms with E-state index in [0.717, 1.165) is 16.3 Å². The van der Waals surface area contributed by atoms with Gasteiger partial charge in [-0.25, -0.2) is 0 Å². The molecule has 0 saturated heterocycles. The van der Waals surface area contributed by atoms with Crippen LogP contribution in [-0.2, 0) is 19.8 Å². The van der Waals surface area contributed by atoms with Crippen molar-refractivity contribution in [1.82, 2.24) is 19.6 Å². The van der Waals surface area contributed by atoms with E-state index in [1.807, 2.05) is 6.07 Å². The lowest BCUT2D eigenvalue weighted by Crippen LogP contribution is -2.16. The lowest BCUT2D eigenvalue weighted by molar-refractivity contribution is -0.141. The Morgan fingerprint density at radius 2 is 2.04 bits per heavy atom. The van der Waals surface area contributed by atoms with Crippen molar-refractivity contribution in [3.63, 3.8) is 0 Å². The molecule has 9 heteroatoms. The predicted octanol–water partition coefficient (Wildman–Crippen LogP) is 2.94. The summed E-state index contributed by atoms with van der Waals surface area (Å²) in [6.45, 7) is 0.515. The molecule has 6 nitrogen and oxygen atoms in total. The van der Waals surface area contributed by atoms with E-state index in [4.69, 9.17) is 0 Å². The topological polar surface area (TPSA) is 64.7 Å². The summed E-state index contributed by atoms with van der Waals surface area (Å²) in [5, 5.41) is 10.0. The van der Waals surface area contributed by atoms with Gasteiger partial charge >= 0.3 is 6.18 Å². The Kier molecular flexibility index (Phi) is 4.30. The number of benzene rings is 1. The van der Waals surface area contributed by atoms with E-state index in [9.17, 15) is 18.0 Å². The molecule has 0 aliphatic carbocycles. The number of aryl methyl sites for hydroxylation is 1. The second-order valence-corrected chi connectivity index (χ2v) is 5.39. The van der Waals surface area contributed by atoms with Gasteiger partial charge in [-0.05, 0) is 23.8 Å². The minimum Gasteiger partial charge on any atom is -0.321 e. The zero-order chi connectivity index (χ0) is 18.0. The van der Waals surface area contributed by atoms with Crippen LogP contribution in [0.5, 0.6) is 0 Å². The molecule has 0 unspecified atom stereocenters. The van der Waals surface area contributed by atoms with Crippen molar-refractivity contribution in [2.45, 2.75) is 12.7 Å². The molecule has 0 bridgehead atoms. The van der Waals surface area contributed by atoms with Gasteiger partial charge < -0.3 is 5.32 Å². The Labute approximate surface area is 140 Å². The molecule has 3 rings (SSSR count). The average molecular weight is 349 g/mol. The number of amides is 1. The van der Waals surface area contributed by atoms with E-state index >= 15 is 0 Å². The van der Waals surface area contributed by atoms with Gasteiger partial charge in [-0.2, -0.15) is 23.4 Å². The third kappa shape index (κ3) is 3.87. The van der Waals surface area contributed by atoms with Gasteiger partial charge in [0, 0.05) is 31.2 Å². The van der Waals surface area contributed by atoms with E-state index in [1.165, 1.54) is 7.05 Å². The maximum absolute atomic E-state index is 12.7. The van der Waals surface area contributed by atoms with Gasteiger partial charge in [-0.1, -0.05) is 12.1 Å². The molecule has 0 atom stereocenters. The number of hydrogen-bond acceptors (Lipinski definition) is 3. The van der Waals surface area contributed by atoms with Crippen LogP contribution in [0.1, 0.15) is 21.7 Å². The fraction of sp³-hybridized carbons (Fsp3) is 0.188. The molecule has 0 fully saturated rings. The van der Waals surface area contributed by atoms with Crippen molar-refractivity contribution >= 4 is 11.6 Å². The molecule has 25 heavy (non-hydrogen) atoms. The van der Waals surface area contributed by atoms with Gasteiger partial charge in [0.05, 0.1) is 6.54 Å². The van der Waals surface area contributed by atoms with Gasteiger partial charge in [-0.3, -0.25) is 14.2 Å². The fourth-order valence-electron chi connectivity index (χ4n) is 2.34. The number of carbonyl (C=O) groups excluding carboxylic acids is 1. The molecule has 2 aromatic heterocycles. The summed E-state index contributed by atoms with van der Waals surface area (Å²) in [6, 6.07) is 9.53. The molecule has 1 aromatic carbocycles. The van der Waals surface area contributed by atoms with Gasteiger partial charge in [0.1, 0.15) is 5.69 Å². The lowest BCUT2D eigenvalue weighted by atomic mass is 10.2. The molecule has 0 aliphatic heterocycles. The SMILES string of the molecule is Cn1nc(C(F)(F)F)cc1C(=O)Nc1cccc(Cn2cccn2)c1. The number of nitrogens with zero attached hydrogens (tertiary/aromatic N) is 4. The molecule has 130 valence electrons. The number of aromatic nitrogens is 4. The number of hydrogen-bond donors (Lipinski definition) is 1. The highest BCUT2D eigenvalue weighted by atomic mass is 19.4. The number of anilines is 1. The largest absolute Gasteiger partial charge is 0.435 e. The first-order valence-electron chi connectivity index (χ1n) is 7.32. The van der Waals surface area contributed by atoms with Crippen LogP contribution in [0.4, 0.5) is 18.9 Å². The van der Waals surface area contributed by atoms with Crippen molar-refractivity contribution in [3.05, 3.63) is 65.7 Å². The molecule has 0 aliphatic rings. The number of rotatable bonds is 4. The molecule has 0 spiro atoms. The summed E-state index contributed by atoms with van der Waals surface area (Å²) >= 11 is 0. The Bertz CT molecular complexity index is 884. The summed E-state index contributed by atoms with van der Waals surface area (Å²) in [7, 11) is 1.29. The van der Waals surface area contributed by atoms with Gasteiger partial charge in [-0.15, -0.1) is 0 Å². The molecular formula is C16H14F3N5O. The smallest absolute Gasteiger partial charge is 0.321 e. The summed E-state index contributed by atoms with van der Waals surface area (Å²) in [5.74, 6) is -0.665. The first-order valence-corrected chi connectivity index (χ1v) is 7.32. The van der Waals surface area contributed by atoms with Crippen molar-refractivity contribution in [2.75, 3.05) is 5.32 Å². The van der Waals surface area contributed by atoms with Crippen LogP contribution >= 0.6 is 0 Å². The summed E-state index contributed by atoms with van der Waals surface area (Å²) < 4.78 is 40.7. The van der Waals surface area contributed by atoms with Crippen LogP contribution < -0.4 is 5.32 Å². The lowest BCUT2D eigenvalue weighted by Gasteiger charge is -2.08. The van der Waals surface area contributed by atoms with Gasteiger partial charge in [0.2, 0.25) is 0 Å². The summed E-state index contributed by atoms with van der Waals surface area (Å²) in [5.41, 5.74) is 0.0873. The number of alkyl halides is 3. The van der Waals surface area contributed by atoms with Crippen LogP contribution in [0.15, 0.2) is 48.8 Å². The van der Waals surface area contributed by atoms with Crippen molar-refractivity contribution in [3.8, 4) is 0 Å². The van der Waals surface area contributed by atoms with E-state index < -0.39 is 17.8 Å². The summed E-state index contributed by atoms with van der Waals surface area (Å²) in [6.07, 6.45) is -1.13. The fourth-order valence-corrected chi connectivity index (χ4v) is 2.34. The van der Waals surface area contributed by atoms with E-state index in [1.54, 1.807) is 41.3 Å². The molecule has 3 aromatic rings. The highest BCUT2D eigenvalue weighted by Crippen LogP contribution is 2.28. The Morgan fingerprint density at radius 1 is 1.24 bits per heavy atom. The van der Waals surface area contributed by atoms with Crippen molar-refractivity contribution < 1.29 is 18.0 Å². The molecule has 1 N–H and O–H groups in total. The average Bonchev–Trinajstić information content (AvgIpc) is 3.16. The van der Waals surface area contributed by atoms with E-state index in [2.05, 4.69) is 15.5 Å². The van der Waals surface area contributed by atoms with Crippen LogP contribution in [0.3, 0.4) is 0 Å². The quantitative estimate of drug-likeness (QED) is 0.788. The van der Waals surface area contributed by atoms with Crippen molar-refractivity contribution in [2.24, 2.45) is 7.05 Å². The van der Waals surface area contributed by atoms with Crippen LogP contribution in [0, 0.1) is 0 Å². The third-order valence-electron chi connectivity index (χ3n) is 3.49. The zero-order valence-corrected chi connectivity index (χ0v) is 13.2. The van der Waals surface area contributed by atoms with E-state index in [-0.39, 0.29) is 5.69 Å². The normalized spacial score (nSPS) is 11.5. The predicted molar refractivity (Wildman–Crippen MR) is 83.9 cm³/mol. The summed E-state index contributed by atoms with van der Waals surface area (Å²) in [4.78, 5) is 12.2. The van der Waals surface area contributed by atoms with Gasteiger partial charge in [0.15, 0.2) is 5.69 Å². The van der Waals surface area contributed by atoms with E-state index in [0.29, 0.717) is 12.2 Å². The van der Waals surface area contributed by atoms with Crippen LogP contribution in [0.2, 0.25) is 0 Å². The van der Waals surface area contributed by atoms with Gasteiger partial charge in [0.25, 0.3) is 5.91 Å².